The third-order valence-corrected chi connectivity index (χ3v) is 2.91. The van der Waals surface area contributed by atoms with E-state index < -0.39 is 12.1 Å². The summed E-state index contributed by atoms with van der Waals surface area (Å²) in [4.78, 5) is 10.8. The molecule has 0 bridgehead atoms. The van der Waals surface area contributed by atoms with Crippen LogP contribution in [0.15, 0.2) is 54.6 Å². The number of hydrogen-bond donors (Lipinski definition) is 1. The Kier molecular flexibility index (Phi) is 4.31. The highest BCUT2D eigenvalue weighted by Gasteiger charge is 2.16. The van der Waals surface area contributed by atoms with Gasteiger partial charge in [0.2, 0.25) is 0 Å². The topological polar surface area (TPSA) is 46.5 Å². The number of carbonyl (C=O) groups excluding carboxylic acids is 1. The molecule has 3 heteroatoms. The van der Waals surface area contributed by atoms with Crippen LogP contribution >= 0.6 is 0 Å². The number of rotatable bonds is 2. The lowest BCUT2D eigenvalue weighted by Crippen LogP contribution is -2.13. The molecule has 1 atom stereocenters. The molecule has 2 aromatic rings. The van der Waals surface area contributed by atoms with Gasteiger partial charge in [0.25, 0.3) is 0 Å². The molecule has 0 saturated carbocycles. The second-order valence-electron chi connectivity index (χ2n) is 4.28. The van der Waals surface area contributed by atoms with Gasteiger partial charge in [-0.3, -0.25) is 0 Å². The van der Waals surface area contributed by atoms with E-state index in [2.05, 4.69) is 29.0 Å². The average Bonchev–Trinajstić information content (AvgIpc) is 3.26. The van der Waals surface area contributed by atoms with Gasteiger partial charge in [0.1, 0.15) is 0 Å². The minimum atomic E-state index is -1.17. The molecule has 0 amide bonds. The lowest BCUT2D eigenvalue weighted by molar-refractivity contribution is -0.150. The molecule has 1 unspecified atom stereocenters. The Hall–Kier alpha value is -2.13. The Morgan fingerprint density at radius 2 is 1.58 bits per heavy atom. The van der Waals surface area contributed by atoms with E-state index >= 15 is 0 Å². The van der Waals surface area contributed by atoms with Crippen molar-refractivity contribution in [3.05, 3.63) is 71.3 Å². The molecule has 0 saturated heterocycles. The van der Waals surface area contributed by atoms with E-state index in [1.165, 1.54) is 24.7 Å². The van der Waals surface area contributed by atoms with Crippen molar-refractivity contribution in [1.82, 2.24) is 0 Å². The first-order chi connectivity index (χ1) is 9.22. The van der Waals surface area contributed by atoms with Crippen molar-refractivity contribution >= 4 is 5.97 Å². The van der Waals surface area contributed by atoms with Crippen molar-refractivity contribution in [3.63, 3.8) is 0 Å². The van der Waals surface area contributed by atoms with Crippen molar-refractivity contribution in [2.75, 3.05) is 7.11 Å². The highest BCUT2D eigenvalue weighted by molar-refractivity contribution is 5.75. The summed E-state index contributed by atoms with van der Waals surface area (Å²) in [6.07, 6.45) is 0.0729. The zero-order chi connectivity index (χ0) is 13.7. The molecule has 1 aliphatic carbocycles. The fourth-order valence-electron chi connectivity index (χ4n) is 1.72. The Morgan fingerprint density at radius 1 is 1.05 bits per heavy atom. The van der Waals surface area contributed by atoms with Gasteiger partial charge in [0, 0.05) is 0 Å². The number of aliphatic hydroxyl groups is 1. The number of benzene rings is 2. The van der Waals surface area contributed by atoms with Gasteiger partial charge >= 0.3 is 5.97 Å². The van der Waals surface area contributed by atoms with Crippen molar-refractivity contribution in [2.45, 2.75) is 12.5 Å². The summed E-state index contributed by atoms with van der Waals surface area (Å²) < 4.78 is 4.38. The predicted octanol–water partition coefficient (Wildman–Crippen LogP) is 2.48. The molecule has 2 aromatic carbocycles. The van der Waals surface area contributed by atoms with Gasteiger partial charge in [0.15, 0.2) is 6.10 Å². The fraction of sp³-hybridized carbons (Fsp3) is 0.188. The molecule has 0 radical (unpaired) electrons. The van der Waals surface area contributed by atoms with Gasteiger partial charge in [-0.1, -0.05) is 54.6 Å². The summed E-state index contributed by atoms with van der Waals surface area (Å²) in [5.74, 6) is -0.638. The first kappa shape index (κ1) is 13.3. The number of carbonyl (C=O) groups is 1. The molecule has 0 fully saturated rings. The monoisotopic (exact) mass is 256 g/mol. The van der Waals surface area contributed by atoms with Crippen LogP contribution in [0, 0.1) is 0 Å². The van der Waals surface area contributed by atoms with E-state index in [4.69, 9.17) is 0 Å². The zero-order valence-corrected chi connectivity index (χ0v) is 10.7. The predicted molar refractivity (Wildman–Crippen MR) is 72.7 cm³/mol. The van der Waals surface area contributed by atoms with Gasteiger partial charge in [0.05, 0.1) is 7.11 Å². The molecule has 19 heavy (non-hydrogen) atoms. The molecule has 3 nitrogen and oxygen atoms in total. The number of aliphatic hydroxyl groups excluding tert-OH is 1. The van der Waals surface area contributed by atoms with Crippen molar-refractivity contribution in [2.24, 2.45) is 0 Å². The molecule has 98 valence electrons. The van der Waals surface area contributed by atoms with Crippen LogP contribution < -0.4 is 0 Å². The summed E-state index contributed by atoms with van der Waals surface area (Å²) in [5.41, 5.74) is 3.61. The van der Waals surface area contributed by atoms with E-state index in [9.17, 15) is 9.90 Å². The third-order valence-electron chi connectivity index (χ3n) is 2.91. The molecule has 0 aromatic heterocycles. The van der Waals surface area contributed by atoms with Crippen LogP contribution in [0.4, 0.5) is 0 Å². The molecule has 0 aliphatic heterocycles. The van der Waals surface area contributed by atoms with E-state index in [1.54, 1.807) is 24.3 Å². The van der Waals surface area contributed by atoms with Crippen LogP contribution in [0.3, 0.4) is 0 Å². The minimum Gasteiger partial charge on any atom is -0.467 e. The van der Waals surface area contributed by atoms with Gasteiger partial charge in [-0.05, 0) is 23.1 Å². The normalized spacial score (nSPS) is 12.5. The van der Waals surface area contributed by atoms with E-state index in [0.29, 0.717) is 5.56 Å². The minimum absolute atomic E-state index is 0.546. The lowest BCUT2D eigenvalue weighted by atomic mass is 10.1. The summed E-state index contributed by atoms with van der Waals surface area (Å²) in [5, 5.41) is 9.31. The Balaban J connectivity index is 0.000000159. The van der Waals surface area contributed by atoms with Crippen molar-refractivity contribution < 1.29 is 14.6 Å². The summed E-state index contributed by atoms with van der Waals surface area (Å²) in [6.45, 7) is 0. The van der Waals surface area contributed by atoms with Crippen LogP contribution in [0.2, 0.25) is 0 Å². The molecular formula is C16H16O3. The maximum atomic E-state index is 10.8. The number of hydrogen-bond acceptors (Lipinski definition) is 3. The van der Waals surface area contributed by atoms with E-state index in [-0.39, 0.29) is 0 Å². The molecule has 0 heterocycles. The van der Waals surface area contributed by atoms with Gasteiger partial charge in [-0.15, -0.1) is 0 Å². The van der Waals surface area contributed by atoms with Gasteiger partial charge < -0.3 is 9.84 Å². The standard InChI is InChI=1S/C9H10O3.C7H6/c1-12-9(11)8(10)7-5-3-2-4-6-7;1-2-4-7-5-6(7)3-1/h2-6,8,10H,1H3;1-4H,5H2. The number of methoxy groups -OCH3 is 1. The van der Waals surface area contributed by atoms with Crippen LogP contribution in [0.25, 0.3) is 0 Å². The maximum absolute atomic E-state index is 10.8. The number of ether oxygens (including phenoxy) is 1. The quantitative estimate of drug-likeness (QED) is 0.716. The third kappa shape index (κ3) is 3.66. The van der Waals surface area contributed by atoms with Crippen molar-refractivity contribution in [3.8, 4) is 0 Å². The highest BCUT2D eigenvalue weighted by atomic mass is 16.5. The first-order valence-electron chi connectivity index (χ1n) is 6.10. The smallest absolute Gasteiger partial charge is 0.339 e. The zero-order valence-electron chi connectivity index (χ0n) is 10.7. The van der Waals surface area contributed by atoms with Crippen LogP contribution in [-0.4, -0.2) is 18.2 Å². The maximum Gasteiger partial charge on any atom is 0.339 e. The SMILES string of the molecule is COC(=O)C(O)c1ccccc1.c1ccc2c(c1)C2. The molecule has 3 rings (SSSR count). The van der Waals surface area contributed by atoms with Gasteiger partial charge in [-0.2, -0.15) is 0 Å². The molecule has 0 spiro atoms. The Morgan fingerprint density at radius 3 is 2.05 bits per heavy atom. The summed E-state index contributed by atoms with van der Waals surface area (Å²) in [6, 6.07) is 17.2. The summed E-state index contributed by atoms with van der Waals surface area (Å²) in [7, 11) is 1.24. The molecule has 1 aliphatic rings. The number of esters is 1. The van der Waals surface area contributed by atoms with E-state index in [1.807, 2.05) is 6.07 Å². The molecule has 1 N–H and O–H groups in total. The second-order valence-corrected chi connectivity index (χ2v) is 4.28. The van der Waals surface area contributed by atoms with Crippen LogP contribution in [0.1, 0.15) is 22.8 Å². The highest BCUT2D eigenvalue weighted by Crippen LogP contribution is 2.25. The van der Waals surface area contributed by atoms with E-state index in [0.717, 1.165) is 0 Å². The van der Waals surface area contributed by atoms with Crippen LogP contribution in [-0.2, 0) is 16.0 Å². The number of fused-ring (bicyclic) bond motifs is 1. The molecular weight excluding hydrogens is 240 g/mol. The van der Waals surface area contributed by atoms with Crippen LogP contribution in [0.5, 0.6) is 0 Å². The lowest BCUT2D eigenvalue weighted by Gasteiger charge is -2.07. The van der Waals surface area contributed by atoms with Crippen molar-refractivity contribution in [1.29, 1.82) is 0 Å². The largest absolute Gasteiger partial charge is 0.467 e. The fourth-order valence-corrected chi connectivity index (χ4v) is 1.72. The first-order valence-corrected chi connectivity index (χ1v) is 6.10. The Bertz CT molecular complexity index is 528. The second kappa shape index (κ2) is 6.16. The summed E-state index contributed by atoms with van der Waals surface area (Å²) >= 11 is 0. The average molecular weight is 256 g/mol. The van der Waals surface area contributed by atoms with Gasteiger partial charge in [-0.25, -0.2) is 4.79 Å². The Labute approximate surface area is 112 Å².